The number of hydrogen-bond donors (Lipinski definition) is 1. The molecule has 150 valence electrons. The van der Waals surface area contributed by atoms with Gasteiger partial charge >= 0.3 is 0 Å². The summed E-state index contributed by atoms with van der Waals surface area (Å²) in [5.74, 6) is 3.08. The summed E-state index contributed by atoms with van der Waals surface area (Å²) < 4.78 is 5.68. The first-order valence-corrected chi connectivity index (χ1v) is 9.64. The van der Waals surface area contributed by atoms with Gasteiger partial charge in [0.2, 0.25) is 11.8 Å². The topological polar surface area (TPSA) is 61.9 Å². The summed E-state index contributed by atoms with van der Waals surface area (Å²) in [6, 6.07) is 7.68. The maximum atomic E-state index is 12.5. The summed E-state index contributed by atoms with van der Waals surface area (Å²) in [7, 11) is 0. The molecule has 2 rings (SSSR count). The average Bonchev–Trinajstić information content (AvgIpc) is 2.90. The van der Waals surface area contributed by atoms with Crippen molar-refractivity contribution in [3.8, 4) is 18.1 Å². The summed E-state index contributed by atoms with van der Waals surface area (Å²) in [5, 5.41) is 2.67. The van der Waals surface area contributed by atoms with Gasteiger partial charge in [0.1, 0.15) is 5.75 Å². The van der Waals surface area contributed by atoms with Gasteiger partial charge in [-0.2, -0.15) is 0 Å². The van der Waals surface area contributed by atoms with Crippen LogP contribution in [0.3, 0.4) is 0 Å². The zero-order chi connectivity index (χ0) is 20.4. The molecule has 0 unspecified atom stereocenters. The van der Waals surface area contributed by atoms with Crippen LogP contribution in [-0.4, -0.2) is 67.0 Å². The van der Waals surface area contributed by atoms with Crippen LogP contribution < -0.4 is 10.1 Å². The zero-order valence-electron chi connectivity index (χ0n) is 16.7. The Bertz CT molecular complexity index is 737. The lowest BCUT2D eigenvalue weighted by Gasteiger charge is -2.20. The van der Waals surface area contributed by atoms with Gasteiger partial charge in [-0.3, -0.25) is 14.5 Å². The van der Waals surface area contributed by atoms with E-state index < -0.39 is 0 Å². The fourth-order valence-corrected chi connectivity index (χ4v) is 2.99. The van der Waals surface area contributed by atoms with Crippen molar-refractivity contribution >= 4 is 17.9 Å². The number of ether oxygens (including phenoxy) is 1. The fourth-order valence-electron chi connectivity index (χ4n) is 2.99. The zero-order valence-corrected chi connectivity index (χ0v) is 16.7. The Morgan fingerprint density at radius 3 is 2.86 bits per heavy atom. The molecule has 0 spiro atoms. The number of terminal acetylenes is 1. The standard InChI is InChI=1S/C22H29N3O3/c1-4-11-23-21(26)17-24-12-6-13-25(15-14-24)22(27)10-9-19-7-5-8-20(16-19)28-18(2)3/h1,5,7-10,16,18H,6,11-15,17H2,2-3H3,(H,23,26)/b10-9+. The van der Waals surface area contributed by atoms with Crippen molar-refractivity contribution in [2.24, 2.45) is 0 Å². The molecule has 0 radical (unpaired) electrons. The predicted molar refractivity (Wildman–Crippen MR) is 111 cm³/mol. The molecular weight excluding hydrogens is 354 g/mol. The third-order valence-corrected chi connectivity index (χ3v) is 4.30. The third-order valence-electron chi connectivity index (χ3n) is 4.30. The molecule has 1 aromatic carbocycles. The van der Waals surface area contributed by atoms with Crippen LogP contribution in [-0.2, 0) is 9.59 Å². The fraction of sp³-hybridized carbons (Fsp3) is 0.455. The first-order chi connectivity index (χ1) is 13.5. The number of rotatable bonds is 7. The number of benzene rings is 1. The summed E-state index contributed by atoms with van der Waals surface area (Å²) in [5.41, 5.74) is 0.924. The van der Waals surface area contributed by atoms with Crippen LogP contribution in [0.25, 0.3) is 6.08 Å². The number of amides is 2. The molecule has 0 aromatic heterocycles. The van der Waals surface area contributed by atoms with Crippen molar-refractivity contribution in [3.63, 3.8) is 0 Å². The van der Waals surface area contributed by atoms with E-state index in [1.807, 2.05) is 49.1 Å². The van der Waals surface area contributed by atoms with Gasteiger partial charge in [0, 0.05) is 32.3 Å². The SMILES string of the molecule is C#CCNC(=O)CN1CCCN(C(=O)/C=C/c2cccc(OC(C)C)c2)CC1. The van der Waals surface area contributed by atoms with E-state index in [0.29, 0.717) is 26.2 Å². The van der Waals surface area contributed by atoms with Crippen LogP contribution in [0.4, 0.5) is 0 Å². The highest BCUT2D eigenvalue weighted by atomic mass is 16.5. The molecule has 0 aliphatic carbocycles. The van der Waals surface area contributed by atoms with Gasteiger partial charge in [0.15, 0.2) is 0 Å². The number of carbonyl (C=O) groups excluding carboxylic acids is 2. The minimum Gasteiger partial charge on any atom is -0.491 e. The van der Waals surface area contributed by atoms with Gasteiger partial charge in [0.25, 0.3) is 0 Å². The van der Waals surface area contributed by atoms with Gasteiger partial charge in [0.05, 0.1) is 19.2 Å². The molecule has 1 aliphatic heterocycles. The van der Waals surface area contributed by atoms with E-state index in [9.17, 15) is 9.59 Å². The van der Waals surface area contributed by atoms with E-state index >= 15 is 0 Å². The van der Waals surface area contributed by atoms with Crippen LogP contribution in [0.2, 0.25) is 0 Å². The van der Waals surface area contributed by atoms with E-state index in [4.69, 9.17) is 11.2 Å². The molecule has 1 aliphatic rings. The lowest BCUT2D eigenvalue weighted by molar-refractivity contribution is -0.125. The summed E-state index contributed by atoms with van der Waals surface area (Å²) >= 11 is 0. The van der Waals surface area contributed by atoms with Crippen LogP contribution in [0, 0.1) is 12.3 Å². The van der Waals surface area contributed by atoms with Crippen molar-refractivity contribution in [2.75, 3.05) is 39.3 Å². The Morgan fingerprint density at radius 1 is 1.29 bits per heavy atom. The van der Waals surface area contributed by atoms with Crippen molar-refractivity contribution < 1.29 is 14.3 Å². The average molecular weight is 383 g/mol. The molecule has 1 N–H and O–H groups in total. The molecule has 0 saturated carbocycles. The quantitative estimate of drug-likeness (QED) is 0.576. The Balaban J connectivity index is 1.87. The van der Waals surface area contributed by atoms with E-state index in [0.717, 1.165) is 24.3 Å². The number of nitrogens with zero attached hydrogens (tertiary/aromatic N) is 2. The minimum atomic E-state index is -0.0823. The molecule has 1 aromatic rings. The highest BCUT2D eigenvalue weighted by Crippen LogP contribution is 2.16. The second kappa shape index (κ2) is 11.2. The first-order valence-electron chi connectivity index (χ1n) is 9.64. The summed E-state index contributed by atoms with van der Waals surface area (Å²) in [6.07, 6.45) is 9.50. The Morgan fingerprint density at radius 2 is 2.11 bits per heavy atom. The summed E-state index contributed by atoms with van der Waals surface area (Å²) in [4.78, 5) is 28.2. The molecule has 2 amide bonds. The number of nitrogens with one attached hydrogen (secondary N) is 1. The monoisotopic (exact) mass is 383 g/mol. The molecule has 1 heterocycles. The van der Waals surface area contributed by atoms with Gasteiger partial charge in [-0.1, -0.05) is 18.1 Å². The highest BCUT2D eigenvalue weighted by molar-refractivity contribution is 5.91. The Hall–Kier alpha value is -2.78. The molecule has 1 saturated heterocycles. The van der Waals surface area contributed by atoms with E-state index in [1.165, 1.54) is 0 Å². The maximum Gasteiger partial charge on any atom is 0.246 e. The van der Waals surface area contributed by atoms with Crippen molar-refractivity contribution in [1.29, 1.82) is 0 Å². The van der Waals surface area contributed by atoms with Crippen LogP contribution in [0.5, 0.6) is 5.75 Å². The van der Waals surface area contributed by atoms with Crippen LogP contribution >= 0.6 is 0 Å². The number of hydrogen-bond acceptors (Lipinski definition) is 4. The second-order valence-corrected chi connectivity index (χ2v) is 7.01. The predicted octanol–water partition coefficient (Wildman–Crippen LogP) is 1.77. The maximum absolute atomic E-state index is 12.5. The van der Waals surface area contributed by atoms with Gasteiger partial charge in [-0.05, 0) is 44.0 Å². The van der Waals surface area contributed by atoms with E-state index in [2.05, 4.69) is 16.1 Å². The van der Waals surface area contributed by atoms with Gasteiger partial charge < -0.3 is 15.0 Å². The van der Waals surface area contributed by atoms with Gasteiger partial charge in [-0.15, -0.1) is 6.42 Å². The van der Waals surface area contributed by atoms with Crippen molar-refractivity contribution in [3.05, 3.63) is 35.9 Å². The molecule has 0 atom stereocenters. The Labute approximate surface area is 167 Å². The smallest absolute Gasteiger partial charge is 0.246 e. The van der Waals surface area contributed by atoms with E-state index in [1.54, 1.807) is 6.08 Å². The van der Waals surface area contributed by atoms with Crippen LogP contribution in [0.1, 0.15) is 25.8 Å². The summed E-state index contributed by atoms with van der Waals surface area (Å²) in [6.45, 7) is 7.24. The third kappa shape index (κ3) is 7.45. The van der Waals surface area contributed by atoms with Gasteiger partial charge in [-0.25, -0.2) is 0 Å². The molecular formula is C22H29N3O3. The molecule has 6 nitrogen and oxygen atoms in total. The lowest BCUT2D eigenvalue weighted by atomic mass is 10.2. The Kier molecular flexibility index (Phi) is 8.57. The first kappa shape index (κ1) is 21.5. The van der Waals surface area contributed by atoms with E-state index in [-0.39, 0.29) is 24.5 Å². The van der Waals surface area contributed by atoms with Crippen LogP contribution in [0.15, 0.2) is 30.3 Å². The van der Waals surface area contributed by atoms with Crippen molar-refractivity contribution in [2.45, 2.75) is 26.4 Å². The minimum absolute atomic E-state index is 0.0196. The largest absolute Gasteiger partial charge is 0.491 e. The lowest BCUT2D eigenvalue weighted by Crippen LogP contribution is -2.39. The molecule has 0 bridgehead atoms. The normalized spacial score (nSPS) is 15.3. The molecule has 28 heavy (non-hydrogen) atoms. The van der Waals surface area contributed by atoms with Crippen molar-refractivity contribution in [1.82, 2.24) is 15.1 Å². The highest BCUT2D eigenvalue weighted by Gasteiger charge is 2.19. The second-order valence-electron chi connectivity index (χ2n) is 7.01. The molecule has 6 heteroatoms. The molecule has 1 fully saturated rings. The number of carbonyl (C=O) groups is 2.